The summed E-state index contributed by atoms with van der Waals surface area (Å²) >= 11 is 6.45. The molecule has 3 nitrogen and oxygen atoms in total. The van der Waals surface area contributed by atoms with E-state index in [1.165, 1.54) is 37.1 Å². The van der Waals surface area contributed by atoms with Crippen molar-refractivity contribution in [2.45, 2.75) is 38.8 Å². The molecule has 4 heteroatoms. The van der Waals surface area contributed by atoms with Crippen molar-refractivity contribution in [2.75, 3.05) is 37.6 Å². The van der Waals surface area contributed by atoms with Crippen molar-refractivity contribution in [1.82, 2.24) is 10.2 Å². The molecule has 1 aromatic carbocycles. The molecule has 2 aliphatic rings. The van der Waals surface area contributed by atoms with Gasteiger partial charge in [-0.2, -0.15) is 0 Å². The van der Waals surface area contributed by atoms with Gasteiger partial charge in [0.2, 0.25) is 0 Å². The third kappa shape index (κ3) is 3.91. The Hall–Kier alpha value is -0.770. The van der Waals surface area contributed by atoms with E-state index < -0.39 is 0 Å². The van der Waals surface area contributed by atoms with E-state index in [1.54, 1.807) is 0 Å². The van der Waals surface area contributed by atoms with E-state index in [0.29, 0.717) is 0 Å². The van der Waals surface area contributed by atoms with Crippen LogP contribution in [0.3, 0.4) is 0 Å². The lowest BCUT2D eigenvalue weighted by Gasteiger charge is -2.37. The highest BCUT2D eigenvalue weighted by Gasteiger charge is 2.23. The number of hydrogen-bond acceptors (Lipinski definition) is 3. The molecule has 1 aliphatic heterocycles. The van der Waals surface area contributed by atoms with Crippen LogP contribution in [0.1, 0.15) is 31.7 Å². The van der Waals surface area contributed by atoms with Gasteiger partial charge in [0.05, 0.1) is 0 Å². The summed E-state index contributed by atoms with van der Waals surface area (Å²) in [5.41, 5.74) is 2.60. The molecule has 0 amide bonds. The molecule has 1 aromatic rings. The van der Waals surface area contributed by atoms with Crippen molar-refractivity contribution in [3.05, 3.63) is 28.8 Å². The Bertz CT molecular complexity index is 465. The number of benzene rings is 1. The Morgan fingerprint density at radius 2 is 1.95 bits per heavy atom. The van der Waals surface area contributed by atoms with E-state index in [4.69, 9.17) is 11.6 Å². The van der Waals surface area contributed by atoms with Crippen molar-refractivity contribution >= 4 is 17.3 Å². The first-order valence-corrected chi connectivity index (χ1v) is 8.64. The summed E-state index contributed by atoms with van der Waals surface area (Å²) in [5.74, 6) is 0. The van der Waals surface area contributed by atoms with Crippen LogP contribution in [0.4, 0.5) is 5.69 Å². The van der Waals surface area contributed by atoms with Crippen LogP contribution in [0.2, 0.25) is 5.02 Å². The fraction of sp³-hybridized carbons (Fsp3) is 0.647. The lowest BCUT2D eigenvalue weighted by Crippen LogP contribution is -2.47. The summed E-state index contributed by atoms with van der Waals surface area (Å²) in [5, 5.41) is 4.50. The van der Waals surface area contributed by atoms with Gasteiger partial charge < -0.3 is 10.2 Å². The van der Waals surface area contributed by atoms with Gasteiger partial charge in [-0.1, -0.05) is 24.6 Å². The number of anilines is 1. The van der Waals surface area contributed by atoms with Gasteiger partial charge in [-0.25, -0.2) is 0 Å². The first-order chi connectivity index (χ1) is 10.3. The number of halogens is 1. The number of nitrogens with zero attached hydrogens (tertiary/aromatic N) is 2. The average Bonchev–Trinajstić information content (AvgIpc) is 3.31. The van der Waals surface area contributed by atoms with E-state index in [1.807, 2.05) is 6.07 Å². The first-order valence-electron chi connectivity index (χ1n) is 8.26. The van der Waals surface area contributed by atoms with Crippen LogP contribution >= 0.6 is 11.6 Å². The zero-order valence-corrected chi connectivity index (χ0v) is 13.7. The summed E-state index contributed by atoms with van der Waals surface area (Å²) < 4.78 is 0. The molecule has 0 radical (unpaired) electrons. The van der Waals surface area contributed by atoms with Gasteiger partial charge in [0.15, 0.2) is 0 Å². The Morgan fingerprint density at radius 1 is 1.19 bits per heavy atom. The van der Waals surface area contributed by atoms with Crippen LogP contribution in [0.15, 0.2) is 18.2 Å². The van der Waals surface area contributed by atoms with Crippen molar-refractivity contribution in [1.29, 1.82) is 0 Å². The van der Waals surface area contributed by atoms with Crippen LogP contribution < -0.4 is 10.2 Å². The maximum absolute atomic E-state index is 6.45. The summed E-state index contributed by atoms with van der Waals surface area (Å²) in [6, 6.07) is 7.04. The molecular formula is C17H26ClN3. The topological polar surface area (TPSA) is 18.5 Å². The highest BCUT2D eigenvalue weighted by atomic mass is 35.5. The van der Waals surface area contributed by atoms with Crippen LogP contribution in [-0.4, -0.2) is 43.7 Å². The maximum atomic E-state index is 6.45. The van der Waals surface area contributed by atoms with Gasteiger partial charge in [0.25, 0.3) is 0 Å². The summed E-state index contributed by atoms with van der Waals surface area (Å²) in [4.78, 5) is 5.06. The zero-order chi connectivity index (χ0) is 14.7. The number of hydrogen-bond donors (Lipinski definition) is 1. The Morgan fingerprint density at radius 3 is 2.62 bits per heavy atom. The van der Waals surface area contributed by atoms with Crippen LogP contribution in [0.5, 0.6) is 0 Å². The number of rotatable bonds is 6. The van der Waals surface area contributed by atoms with E-state index in [2.05, 4.69) is 34.2 Å². The predicted molar refractivity (Wildman–Crippen MR) is 90.3 cm³/mol. The first kappa shape index (κ1) is 15.1. The molecule has 116 valence electrons. The van der Waals surface area contributed by atoms with E-state index in [0.717, 1.165) is 43.8 Å². The summed E-state index contributed by atoms with van der Waals surface area (Å²) in [7, 11) is 0. The fourth-order valence-corrected chi connectivity index (χ4v) is 3.32. The summed E-state index contributed by atoms with van der Waals surface area (Å²) in [6.07, 6.45) is 3.87. The van der Waals surface area contributed by atoms with E-state index in [9.17, 15) is 0 Å². The van der Waals surface area contributed by atoms with Crippen molar-refractivity contribution in [3.8, 4) is 0 Å². The van der Waals surface area contributed by atoms with Gasteiger partial charge in [-0.15, -0.1) is 0 Å². The van der Waals surface area contributed by atoms with Crippen molar-refractivity contribution in [3.63, 3.8) is 0 Å². The second-order valence-electron chi connectivity index (χ2n) is 6.22. The molecular weight excluding hydrogens is 282 g/mol. The zero-order valence-electron chi connectivity index (χ0n) is 12.9. The normalized spacial score (nSPS) is 20.0. The molecule has 1 heterocycles. The molecule has 0 bridgehead atoms. The minimum absolute atomic E-state index is 0.718. The van der Waals surface area contributed by atoms with Crippen LogP contribution in [0.25, 0.3) is 0 Å². The molecule has 0 atom stereocenters. The fourth-order valence-electron chi connectivity index (χ4n) is 3.08. The Labute approximate surface area is 133 Å². The van der Waals surface area contributed by atoms with Gasteiger partial charge in [0.1, 0.15) is 0 Å². The third-order valence-corrected chi connectivity index (χ3v) is 4.85. The number of piperazine rings is 1. The lowest BCUT2D eigenvalue weighted by molar-refractivity contribution is 0.258. The minimum Gasteiger partial charge on any atom is -0.369 e. The predicted octanol–water partition coefficient (Wildman–Crippen LogP) is 3.12. The second-order valence-corrected chi connectivity index (χ2v) is 6.63. The van der Waals surface area contributed by atoms with Gasteiger partial charge in [-0.05, 0) is 37.9 Å². The lowest BCUT2D eigenvalue weighted by atomic mass is 10.1. The summed E-state index contributed by atoms with van der Waals surface area (Å²) in [6.45, 7) is 8.92. The monoisotopic (exact) mass is 307 g/mol. The Balaban J connectivity index is 1.67. The average molecular weight is 308 g/mol. The molecule has 1 N–H and O–H groups in total. The van der Waals surface area contributed by atoms with Crippen molar-refractivity contribution < 1.29 is 0 Å². The highest BCUT2D eigenvalue weighted by molar-refractivity contribution is 6.31. The molecule has 0 unspecified atom stereocenters. The number of nitrogens with one attached hydrogen (secondary N) is 1. The van der Waals surface area contributed by atoms with Crippen molar-refractivity contribution in [2.24, 2.45) is 0 Å². The minimum atomic E-state index is 0.718. The van der Waals surface area contributed by atoms with Crippen LogP contribution in [0, 0.1) is 0 Å². The van der Waals surface area contributed by atoms with Crippen LogP contribution in [-0.2, 0) is 6.54 Å². The van der Waals surface area contributed by atoms with Gasteiger partial charge in [0, 0.05) is 55.0 Å². The maximum Gasteiger partial charge on any atom is 0.0471 e. The quantitative estimate of drug-likeness (QED) is 0.871. The third-order valence-electron chi connectivity index (χ3n) is 4.49. The molecule has 2 fully saturated rings. The van der Waals surface area contributed by atoms with E-state index in [-0.39, 0.29) is 0 Å². The molecule has 1 saturated heterocycles. The molecule has 3 rings (SSSR count). The molecule has 0 aromatic heterocycles. The SMILES string of the molecule is CCCN1CCN(c2cccc(Cl)c2CNC2CC2)CC1. The highest BCUT2D eigenvalue weighted by Crippen LogP contribution is 2.29. The smallest absolute Gasteiger partial charge is 0.0471 e. The molecule has 1 aliphatic carbocycles. The van der Waals surface area contributed by atoms with Gasteiger partial charge >= 0.3 is 0 Å². The molecule has 21 heavy (non-hydrogen) atoms. The second kappa shape index (κ2) is 6.99. The Kier molecular flexibility index (Phi) is 5.04. The largest absolute Gasteiger partial charge is 0.369 e. The standard InChI is InChI=1S/C17H26ClN3/c1-2-8-20-9-11-21(12-10-20)17-5-3-4-16(18)15(17)13-19-14-6-7-14/h3-5,14,19H,2,6-13H2,1H3. The molecule has 0 spiro atoms. The van der Waals surface area contributed by atoms with Gasteiger partial charge in [-0.3, -0.25) is 4.90 Å². The van der Waals surface area contributed by atoms with E-state index >= 15 is 0 Å². The molecule has 1 saturated carbocycles.